The van der Waals surface area contributed by atoms with Crippen molar-refractivity contribution in [2.45, 2.75) is 24.0 Å². The first-order chi connectivity index (χ1) is 11.9. The third-order valence-electron chi connectivity index (χ3n) is 4.15. The minimum absolute atomic E-state index is 0.186. The van der Waals surface area contributed by atoms with Gasteiger partial charge in [0.1, 0.15) is 10.0 Å². The van der Waals surface area contributed by atoms with E-state index in [1.165, 1.54) is 15.6 Å². The van der Waals surface area contributed by atoms with Crippen LogP contribution in [0.3, 0.4) is 0 Å². The lowest BCUT2D eigenvalue weighted by Crippen LogP contribution is -2.43. The van der Waals surface area contributed by atoms with Gasteiger partial charge in [0.25, 0.3) is 10.0 Å². The number of thiophene rings is 1. The normalized spacial score (nSPS) is 18.9. The Labute approximate surface area is 159 Å². The Hall–Kier alpha value is -1.29. The summed E-state index contributed by atoms with van der Waals surface area (Å²) in [6, 6.07) is 6.98. The number of anilines is 1. The highest BCUT2D eigenvalue weighted by Gasteiger charge is 2.34. The number of aryl methyl sites for hydroxylation is 1. The maximum Gasteiger partial charge on any atom is 0.252 e. The Morgan fingerprint density at radius 2 is 2.20 bits per heavy atom. The van der Waals surface area contributed by atoms with Crippen molar-refractivity contribution in [3.8, 4) is 0 Å². The van der Waals surface area contributed by atoms with Crippen LogP contribution < -0.4 is 5.32 Å². The first kappa shape index (κ1) is 18.5. The maximum atomic E-state index is 12.8. The number of amides is 1. The average molecular weight is 444 g/mol. The summed E-state index contributed by atoms with van der Waals surface area (Å²) in [4.78, 5) is 16.7. The summed E-state index contributed by atoms with van der Waals surface area (Å²) < 4.78 is 28.0. The number of piperidine rings is 1. The minimum Gasteiger partial charge on any atom is -0.310 e. The van der Waals surface area contributed by atoms with Crippen molar-refractivity contribution in [2.24, 2.45) is 5.92 Å². The molecule has 0 aliphatic carbocycles. The minimum atomic E-state index is -3.56. The van der Waals surface area contributed by atoms with E-state index in [0.29, 0.717) is 29.4 Å². The monoisotopic (exact) mass is 443 g/mol. The van der Waals surface area contributed by atoms with Crippen molar-refractivity contribution in [1.29, 1.82) is 0 Å². The first-order valence-corrected chi connectivity index (χ1v) is 10.9. The third kappa shape index (κ3) is 4.11. The molecule has 2 aromatic rings. The molecule has 3 rings (SSSR count). The van der Waals surface area contributed by atoms with Crippen LogP contribution >= 0.6 is 27.3 Å². The van der Waals surface area contributed by atoms with Gasteiger partial charge in [-0.2, -0.15) is 4.31 Å². The predicted octanol–water partition coefficient (Wildman–Crippen LogP) is 3.25. The Bertz CT molecular complexity index is 882. The zero-order chi connectivity index (χ0) is 18.0. The molecule has 6 nitrogen and oxygen atoms in total. The third-order valence-corrected chi connectivity index (χ3v) is 8.10. The van der Waals surface area contributed by atoms with Crippen LogP contribution in [0, 0.1) is 12.8 Å². The first-order valence-electron chi connectivity index (χ1n) is 7.86. The smallest absolute Gasteiger partial charge is 0.252 e. The highest BCUT2D eigenvalue weighted by molar-refractivity contribution is 9.11. The maximum absolute atomic E-state index is 12.8. The lowest BCUT2D eigenvalue weighted by atomic mass is 9.99. The number of nitrogens with one attached hydrogen (secondary N) is 1. The van der Waals surface area contributed by atoms with Crippen LogP contribution in [0.1, 0.15) is 18.4 Å². The molecular weight excluding hydrogens is 426 g/mol. The second kappa shape index (κ2) is 7.53. The van der Waals surface area contributed by atoms with Crippen LogP contribution in [-0.4, -0.2) is 36.7 Å². The number of carbonyl (C=O) groups excluding carboxylic acids is 1. The molecule has 1 amide bonds. The topological polar surface area (TPSA) is 79.4 Å². The molecular formula is C16H18BrN3O3S2. The highest BCUT2D eigenvalue weighted by Crippen LogP contribution is 2.31. The van der Waals surface area contributed by atoms with Gasteiger partial charge in [-0.25, -0.2) is 13.4 Å². The number of nitrogens with zero attached hydrogens (tertiary/aromatic N) is 2. The molecule has 1 N–H and O–H groups in total. The number of halogens is 1. The van der Waals surface area contributed by atoms with Crippen LogP contribution in [-0.2, 0) is 14.8 Å². The molecule has 0 spiro atoms. The number of rotatable bonds is 4. The van der Waals surface area contributed by atoms with Crippen LogP contribution in [0.2, 0.25) is 0 Å². The van der Waals surface area contributed by atoms with Gasteiger partial charge in [0.05, 0.1) is 9.70 Å². The SMILES string of the molecule is Cc1cccnc1NC(=O)C1CCCN(S(=O)(=O)c2ccc(Br)s2)C1. The van der Waals surface area contributed by atoms with Gasteiger partial charge in [0.15, 0.2) is 0 Å². The molecule has 9 heteroatoms. The number of carbonyl (C=O) groups is 1. The zero-order valence-electron chi connectivity index (χ0n) is 13.6. The molecule has 0 saturated carbocycles. The molecule has 1 unspecified atom stereocenters. The zero-order valence-corrected chi connectivity index (χ0v) is 16.8. The van der Waals surface area contributed by atoms with Crippen molar-refractivity contribution in [2.75, 3.05) is 18.4 Å². The highest BCUT2D eigenvalue weighted by atomic mass is 79.9. The Kier molecular flexibility index (Phi) is 5.57. The molecule has 3 heterocycles. The van der Waals surface area contributed by atoms with Crippen LogP contribution in [0.4, 0.5) is 5.82 Å². The van der Waals surface area contributed by atoms with Crippen LogP contribution in [0.5, 0.6) is 0 Å². The van der Waals surface area contributed by atoms with E-state index in [2.05, 4.69) is 26.2 Å². The van der Waals surface area contributed by atoms with Gasteiger partial charge in [-0.15, -0.1) is 11.3 Å². The fraction of sp³-hybridized carbons (Fsp3) is 0.375. The van der Waals surface area contributed by atoms with Gasteiger partial charge in [0.2, 0.25) is 5.91 Å². The van der Waals surface area contributed by atoms with E-state index >= 15 is 0 Å². The molecule has 25 heavy (non-hydrogen) atoms. The number of hydrogen-bond donors (Lipinski definition) is 1. The fourth-order valence-electron chi connectivity index (χ4n) is 2.77. The molecule has 0 bridgehead atoms. The summed E-state index contributed by atoms with van der Waals surface area (Å²) in [7, 11) is -3.56. The summed E-state index contributed by atoms with van der Waals surface area (Å²) >= 11 is 4.47. The van der Waals surface area contributed by atoms with E-state index in [1.54, 1.807) is 24.4 Å². The van der Waals surface area contributed by atoms with Gasteiger partial charge in [-0.1, -0.05) is 6.07 Å². The van der Waals surface area contributed by atoms with Crippen molar-refractivity contribution >= 4 is 49.0 Å². The van der Waals surface area contributed by atoms with E-state index in [0.717, 1.165) is 9.35 Å². The van der Waals surface area contributed by atoms with E-state index in [4.69, 9.17) is 0 Å². The van der Waals surface area contributed by atoms with Crippen molar-refractivity contribution in [3.63, 3.8) is 0 Å². The van der Waals surface area contributed by atoms with E-state index < -0.39 is 10.0 Å². The standard InChI is InChI=1S/C16H18BrN3O3S2/c1-11-4-2-8-18-15(11)19-16(21)12-5-3-9-20(10-12)25(22,23)14-7-6-13(17)24-14/h2,4,6-8,12H,3,5,9-10H2,1H3,(H,18,19,21). The molecule has 2 aromatic heterocycles. The van der Waals surface area contributed by atoms with E-state index in [9.17, 15) is 13.2 Å². The average Bonchev–Trinajstić information content (AvgIpc) is 3.04. The Morgan fingerprint density at radius 1 is 1.40 bits per heavy atom. The van der Waals surface area contributed by atoms with E-state index in [-0.39, 0.29) is 18.4 Å². The molecule has 1 atom stereocenters. The summed E-state index contributed by atoms with van der Waals surface area (Å²) in [5, 5.41) is 2.82. The van der Waals surface area contributed by atoms with Crippen LogP contribution in [0.15, 0.2) is 38.5 Å². The van der Waals surface area contributed by atoms with Crippen molar-refractivity contribution < 1.29 is 13.2 Å². The lowest BCUT2D eigenvalue weighted by molar-refractivity contribution is -0.120. The van der Waals surface area contributed by atoms with Gasteiger partial charge in [-0.3, -0.25) is 4.79 Å². The number of sulfonamides is 1. The molecule has 1 aliphatic rings. The summed E-state index contributed by atoms with van der Waals surface area (Å²) in [5.74, 6) is -0.0444. The second-order valence-electron chi connectivity index (χ2n) is 5.92. The summed E-state index contributed by atoms with van der Waals surface area (Å²) in [6.07, 6.45) is 2.94. The van der Waals surface area contributed by atoms with Gasteiger partial charge >= 0.3 is 0 Å². The predicted molar refractivity (Wildman–Crippen MR) is 101 cm³/mol. The van der Waals surface area contributed by atoms with Gasteiger partial charge < -0.3 is 5.32 Å². The molecule has 1 saturated heterocycles. The van der Waals surface area contributed by atoms with Crippen molar-refractivity contribution in [1.82, 2.24) is 9.29 Å². The van der Waals surface area contributed by atoms with Crippen molar-refractivity contribution in [3.05, 3.63) is 39.8 Å². The molecule has 1 aliphatic heterocycles. The Balaban J connectivity index is 1.73. The fourth-order valence-corrected chi connectivity index (χ4v) is 6.46. The van der Waals surface area contributed by atoms with Gasteiger partial charge in [0, 0.05) is 19.3 Å². The van der Waals surface area contributed by atoms with Gasteiger partial charge in [-0.05, 0) is 59.5 Å². The quantitative estimate of drug-likeness (QED) is 0.785. The Morgan fingerprint density at radius 3 is 2.88 bits per heavy atom. The second-order valence-corrected chi connectivity index (χ2v) is 10.5. The van der Waals surface area contributed by atoms with E-state index in [1.807, 2.05) is 13.0 Å². The summed E-state index contributed by atoms with van der Waals surface area (Å²) in [6.45, 7) is 2.49. The number of hydrogen-bond acceptors (Lipinski definition) is 5. The molecule has 1 fully saturated rings. The van der Waals surface area contributed by atoms with Crippen LogP contribution in [0.25, 0.3) is 0 Å². The largest absolute Gasteiger partial charge is 0.310 e. The molecule has 0 radical (unpaired) electrons. The number of pyridine rings is 1. The molecule has 0 aromatic carbocycles. The molecule has 134 valence electrons. The lowest BCUT2D eigenvalue weighted by Gasteiger charge is -2.30. The summed E-state index contributed by atoms with van der Waals surface area (Å²) in [5.41, 5.74) is 0.875. The number of aromatic nitrogens is 1.